The van der Waals surface area contributed by atoms with E-state index < -0.39 is 5.91 Å². The van der Waals surface area contributed by atoms with Gasteiger partial charge in [0.25, 0.3) is 5.91 Å². The molecule has 0 aromatic heterocycles. The van der Waals surface area contributed by atoms with Gasteiger partial charge in [-0.15, -0.1) is 0 Å². The number of rotatable bonds is 7. The lowest BCUT2D eigenvalue weighted by Gasteiger charge is -2.15. The summed E-state index contributed by atoms with van der Waals surface area (Å²) >= 11 is 0. The molecule has 0 fully saturated rings. The zero-order valence-electron chi connectivity index (χ0n) is 17.5. The van der Waals surface area contributed by atoms with Gasteiger partial charge in [0, 0.05) is 28.7 Å². The summed E-state index contributed by atoms with van der Waals surface area (Å²) < 4.78 is 10.6. The number of carbonyl (C=O) groups excluding carboxylic acids is 1. The predicted octanol–water partition coefficient (Wildman–Crippen LogP) is 4.26. The Morgan fingerprint density at radius 1 is 1.06 bits per heavy atom. The fourth-order valence-corrected chi connectivity index (χ4v) is 3.17. The number of amides is 1. The number of nitrogens with one attached hydrogen (secondary N) is 2. The van der Waals surface area contributed by atoms with Crippen molar-refractivity contribution >= 4 is 22.4 Å². The molecule has 1 atom stereocenters. The molecule has 0 bridgehead atoms. The maximum atomic E-state index is 12.7. The largest absolute Gasteiger partial charge is 0.507 e. The Kier molecular flexibility index (Phi) is 6.63. The lowest BCUT2D eigenvalue weighted by Crippen LogP contribution is -2.18. The highest BCUT2D eigenvalue weighted by atomic mass is 16.5. The summed E-state index contributed by atoms with van der Waals surface area (Å²) in [6.07, 6.45) is 1.39. The molecule has 7 heteroatoms. The van der Waals surface area contributed by atoms with Crippen LogP contribution in [0.3, 0.4) is 0 Å². The number of aromatic hydroxyl groups is 1. The van der Waals surface area contributed by atoms with Crippen molar-refractivity contribution in [1.29, 1.82) is 5.26 Å². The Labute approximate surface area is 180 Å². The van der Waals surface area contributed by atoms with E-state index in [4.69, 9.17) is 9.47 Å². The molecule has 1 unspecified atom stereocenters. The molecule has 0 saturated heterocycles. The molecule has 158 valence electrons. The van der Waals surface area contributed by atoms with Crippen LogP contribution in [0, 0.1) is 11.3 Å². The van der Waals surface area contributed by atoms with Crippen LogP contribution in [-0.4, -0.2) is 25.2 Å². The molecule has 0 aliphatic rings. The Balaban J connectivity index is 1.77. The lowest BCUT2D eigenvalue weighted by atomic mass is 10.1. The van der Waals surface area contributed by atoms with E-state index in [2.05, 4.69) is 10.6 Å². The highest BCUT2D eigenvalue weighted by Gasteiger charge is 2.14. The summed E-state index contributed by atoms with van der Waals surface area (Å²) in [5, 5.41) is 26.6. The van der Waals surface area contributed by atoms with Crippen LogP contribution in [0.25, 0.3) is 10.8 Å². The minimum atomic E-state index is -0.551. The standard InChI is InChI=1S/C24H23N3O4/c1-15(16-10-11-22(30-2)23(12-16)31-3)26-14-17(13-25)24(29)27-20-8-4-7-19-18(20)6-5-9-21(19)28/h4-12,14-15,26,28H,1-3H3,(H,27,29)/b17-14-. The lowest BCUT2D eigenvalue weighted by molar-refractivity contribution is -0.112. The maximum Gasteiger partial charge on any atom is 0.267 e. The van der Waals surface area contributed by atoms with Gasteiger partial charge in [-0.2, -0.15) is 5.26 Å². The number of nitrogens with zero attached hydrogens (tertiary/aromatic N) is 1. The number of hydrogen-bond donors (Lipinski definition) is 3. The van der Waals surface area contributed by atoms with Crippen LogP contribution >= 0.6 is 0 Å². The van der Waals surface area contributed by atoms with E-state index in [1.54, 1.807) is 56.7 Å². The fraction of sp³-hybridized carbons (Fsp3) is 0.167. The number of ether oxygens (including phenoxy) is 2. The number of carbonyl (C=O) groups is 1. The van der Waals surface area contributed by atoms with Gasteiger partial charge in [0.15, 0.2) is 11.5 Å². The molecule has 1 amide bonds. The zero-order chi connectivity index (χ0) is 22.4. The summed E-state index contributed by atoms with van der Waals surface area (Å²) in [7, 11) is 3.13. The average Bonchev–Trinajstić information content (AvgIpc) is 2.79. The van der Waals surface area contributed by atoms with Crippen molar-refractivity contribution in [3.05, 3.63) is 71.9 Å². The second-order valence-electron chi connectivity index (χ2n) is 6.80. The van der Waals surface area contributed by atoms with E-state index in [9.17, 15) is 15.2 Å². The van der Waals surface area contributed by atoms with Gasteiger partial charge in [0.05, 0.1) is 14.2 Å². The number of phenolic OH excluding ortho intramolecular Hbond substituents is 1. The van der Waals surface area contributed by atoms with Crippen molar-refractivity contribution in [1.82, 2.24) is 5.32 Å². The maximum absolute atomic E-state index is 12.7. The van der Waals surface area contributed by atoms with Crippen molar-refractivity contribution in [2.24, 2.45) is 0 Å². The number of benzene rings is 3. The molecule has 3 N–H and O–H groups in total. The van der Waals surface area contributed by atoms with Gasteiger partial charge in [-0.1, -0.05) is 30.3 Å². The molecule has 0 heterocycles. The number of anilines is 1. The minimum Gasteiger partial charge on any atom is -0.507 e. The van der Waals surface area contributed by atoms with Crippen molar-refractivity contribution in [2.75, 3.05) is 19.5 Å². The first kappa shape index (κ1) is 21.5. The molecule has 0 aliphatic heterocycles. The second-order valence-corrected chi connectivity index (χ2v) is 6.80. The third-order valence-electron chi connectivity index (χ3n) is 4.90. The number of hydrogen-bond acceptors (Lipinski definition) is 6. The first-order valence-corrected chi connectivity index (χ1v) is 9.58. The molecule has 3 aromatic carbocycles. The van der Waals surface area contributed by atoms with Crippen LogP contribution in [-0.2, 0) is 4.79 Å². The third-order valence-corrected chi connectivity index (χ3v) is 4.90. The van der Waals surface area contributed by atoms with Gasteiger partial charge in [-0.3, -0.25) is 4.79 Å². The summed E-state index contributed by atoms with van der Waals surface area (Å²) in [5.41, 5.74) is 1.33. The normalized spacial score (nSPS) is 12.0. The number of phenols is 1. The van der Waals surface area contributed by atoms with Gasteiger partial charge < -0.3 is 25.2 Å². The van der Waals surface area contributed by atoms with E-state index in [1.807, 2.05) is 25.1 Å². The van der Waals surface area contributed by atoms with Crippen LogP contribution in [0.2, 0.25) is 0 Å². The zero-order valence-corrected chi connectivity index (χ0v) is 17.5. The topological polar surface area (TPSA) is 104 Å². The van der Waals surface area contributed by atoms with E-state index >= 15 is 0 Å². The SMILES string of the molecule is COc1ccc(C(C)N/C=C(/C#N)C(=O)Nc2cccc3c(O)cccc23)cc1OC. The molecular formula is C24H23N3O4. The quantitative estimate of drug-likeness (QED) is 0.392. The van der Waals surface area contributed by atoms with Crippen LogP contribution in [0.15, 0.2) is 66.4 Å². The molecule has 0 aliphatic carbocycles. The molecule has 31 heavy (non-hydrogen) atoms. The van der Waals surface area contributed by atoms with Crippen molar-refractivity contribution in [3.63, 3.8) is 0 Å². The van der Waals surface area contributed by atoms with Gasteiger partial charge in [0.2, 0.25) is 0 Å². The highest BCUT2D eigenvalue weighted by Crippen LogP contribution is 2.31. The number of fused-ring (bicyclic) bond motifs is 1. The molecule has 0 spiro atoms. The van der Waals surface area contributed by atoms with E-state index in [1.165, 1.54) is 6.20 Å². The molecule has 3 aromatic rings. The Morgan fingerprint density at radius 3 is 2.48 bits per heavy atom. The highest BCUT2D eigenvalue weighted by molar-refractivity contribution is 6.11. The molecule has 0 saturated carbocycles. The number of nitriles is 1. The van der Waals surface area contributed by atoms with Gasteiger partial charge in [-0.05, 0) is 36.8 Å². The monoisotopic (exact) mass is 417 g/mol. The van der Waals surface area contributed by atoms with Gasteiger partial charge >= 0.3 is 0 Å². The summed E-state index contributed by atoms with van der Waals surface area (Å²) in [6.45, 7) is 1.90. The Bertz CT molecular complexity index is 1180. The Morgan fingerprint density at radius 2 is 1.77 bits per heavy atom. The molecule has 3 rings (SSSR count). The first-order chi connectivity index (χ1) is 15.0. The van der Waals surface area contributed by atoms with Gasteiger partial charge in [-0.25, -0.2) is 0 Å². The molecule has 7 nitrogen and oxygen atoms in total. The van der Waals surface area contributed by atoms with Crippen LogP contribution in [0.4, 0.5) is 5.69 Å². The van der Waals surface area contributed by atoms with Crippen molar-refractivity contribution in [3.8, 4) is 23.3 Å². The smallest absolute Gasteiger partial charge is 0.267 e. The fourth-order valence-electron chi connectivity index (χ4n) is 3.17. The summed E-state index contributed by atoms with van der Waals surface area (Å²) in [6, 6.07) is 17.5. The van der Waals surface area contributed by atoms with Crippen molar-refractivity contribution < 1.29 is 19.4 Å². The summed E-state index contributed by atoms with van der Waals surface area (Å²) in [5.74, 6) is 0.780. The molecule has 0 radical (unpaired) electrons. The third kappa shape index (κ3) is 4.70. The van der Waals surface area contributed by atoms with Crippen LogP contribution in [0.5, 0.6) is 17.2 Å². The van der Waals surface area contributed by atoms with E-state index in [0.29, 0.717) is 28.0 Å². The predicted molar refractivity (Wildman–Crippen MR) is 119 cm³/mol. The van der Waals surface area contributed by atoms with Crippen LogP contribution in [0.1, 0.15) is 18.5 Å². The number of methoxy groups -OCH3 is 2. The van der Waals surface area contributed by atoms with E-state index in [0.717, 1.165) is 5.56 Å². The Hall–Kier alpha value is -4.18. The van der Waals surface area contributed by atoms with Crippen LogP contribution < -0.4 is 20.1 Å². The average molecular weight is 417 g/mol. The van der Waals surface area contributed by atoms with Crippen molar-refractivity contribution in [2.45, 2.75) is 13.0 Å². The first-order valence-electron chi connectivity index (χ1n) is 9.58. The minimum absolute atomic E-state index is 0.0792. The van der Waals surface area contributed by atoms with Gasteiger partial charge in [0.1, 0.15) is 17.4 Å². The van der Waals surface area contributed by atoms with E-state index in [-0.39, 0.29) is 17.4 Å². The molecular weight excluding hydrogens is 394 g/mol. The second kappa shape index (κ2) is 9.55. The summed E-state index contributed by atoms with van der Waals surface area (Å²) in [4.78, 5) is 12.7.